The molecule has 1 N–H and O–H groups in total. The SMILES string of the molecule is COc1ccc(CCCS)c(NC(=O)OC(C)(C)C)c1. The van der Waals surface area contributed by atoms with Crippen molar-refractivity contribution in [2.24, 2.45) is 0 Å². The van der Waals surface area contributed by atoms with Gasteiger partial charge >= 0.3 is 6.09 Å². The molecule has 0 heterocycles. The van der Waals surface area contributed by atoms with Crippen LogP contribution in [-0.2, 0) is 11.2 Å². The van der Waals surface area contributed by atoms with Gasteiger partial charge in [0.15, 0.2) is 0 Å². The first-order valence-corrected chi connectivity index (χ1v) is 7.27. The quantitative estimate of drug-likeness (QED) is 0.810. The molecule has 0 spiro atoms. The summed E-state index contributed by atoms with van der Waals surface area (Å²) in [5.74, 6) is 1.50. The number of methoxy groups -OCH3 is 1. The second kappa shape index (κ2) is 7.43. The Morgan fingerprint density at radius 1 is 1.35 bits per heavy atom. The summed E-state index contributed by atoms with van der Waals surface area (Å²) >= 11 is 4.21. The van der Waals surface area contributed by atoms with E-state index in [-0.39, 0.29) is 0 Å². The monoisotopic (exact) mass is 297 g/mol. The van der Waals surface area contributed by atoms with E-state index >= 15 is 0 Å². The lowest BCUT2D eigenvalue weighted by Crippen LogP contribution is -2.27. The van der Waals surface area contributed by atoms with Gasteiger partial charge in [-0.1, -0.05) is 6.07 Å². The number of hydrogen-bond acceptors (Lipinski definition) is 4. The summed E-state index contributed by atoms with van der Waals surface area (Å²) in [6.45, 7) is 5.50. The van der Waals surface area contributed by atoms with Gasteiger partial charge in [0.05, 0.1) is 12.8 Å². The van der Waals surface area contributed by atoms with Gasteiger partial charge in [-0.2, -0.15) is 12.6 Å². The zero-order chi connectivity index (χ0) is 15.2. The number of carbonyl (C=O) groups excluding carboxylic acids is 1. The molecule has 0 saturated carbocycles. The third kappa shape index (κ3) is 5.74. The molecule has 0 radical (unpaired) electrons. The Morgan fingerprint density at radius 3 is 2.60 bits per heavy atom. The molecule has 0 aliphatic heterocycles. The molecule has 0 saturated heterocycles. The van der Waals surface area contributed by atoms with Crippen molar-refractivity contribution < 1.29 is 14.3 Å². The van der Waals surface area contributed by atoms with Crippen LogP contribution in [0.4, 0.5) is 10.5 Å². The maximum Gasteiger partial charge on any atom is 0.412 e. The van der Waals surface area contributed by atoms with Crippen molar-refractivity contribution in [2.75, 3.05) is 18.2 Å². The number of thiol groups is 1. The summed E-state index contributed by atoms with van der Waals surface area (Å²) in [5, 5.41) is 2.78. The number of carbonyl (C=O) groups is 1. The Morgan fingerprint density at radius 2 is 2.05 bits per heavy atom. The van der Waals surface area contributed by atoms with Crippen LogP contribution in [-0.4, -0.2) is 24.6 Å². The molecule has 0 aromatic heterocycles. The van der Waals surface area contributed by atoms with Crippen LogP contribution in [0.5, 0.6) is 5.75 Å². The first-order valence-electron chi connectivity index (χ1n) is 6.63. The lowest BCUT2D eigenvalue weighted by Gasteiger charge is -2.20. The van der Waals surface area contributed by atoms with Gasteiger partial charge in [-0.15, -0.1) is 0 Å². The van der Waals surface area contributed by atoms with Crippen LogP contribution >= 0.6 is 12.6 Å². The summed E-state index contributed by atoms with van der Waals surface area (Å²) in [6.07, 6.45) is 1.33. The second-order valence-electron chi connectivity index (χ2n) is 5.48. The second-order valence-corrected chi connectivity index (χ2v) is 5.92. The molecule has 1 aromatic rings. The summed E-state index contributed by atoms with van der Waals surface area (Å²) < 4.78 is 10.5. The van der Waals surface area contributed by atoms with Crippen molar-refractivity contribution in [1.29, 1.82) is 0 Å². The zero-order valence-corrected chi connectivity index (χ0v) is 13.4. The highest BCUT2D eigenvalue weighted by molar-refractivity contribution is 7.80. The number of aryl methyl sites for hydroxylation is 1. The predicted octanol–water partition coefficient (Wildman–Crippen LogP) is 3.90. The van der Waals surface area contributed by atoms with Gasteiger partial charge in [-0.3, -0.25) is 5.32 Å². The first-order chi connectivity index (χ1) is 9.35. The highest BCUT2D eigenvalue weighted by Crippen LogP contribution is 2.24. The predicted molar refractivity (Wildman–Crippen MR) is 85.0 cm³/mol. The van der Waals surface area contributed by atoms with Crippen molar-refractivity contribution in [1.82, 2.24) is 0 Å². The summed E-state index contributed by atoms with van der Waals surface area (Å²) in [7, 11) is 1.60. The number of anilines is 1. The highest BCUT2D eigenvalue weighted by atomic mass is 32.1. The van der Waals surface area contributed by atoms with Gasteiger partial charge < -0.3 is 9.47 Å². The first kappa shape index (κ1) is 16.7. The standard InChI is InChI=1S/C15H23NO3S/c1-15(2,3)19-14(17)16-13-10-12(18-4)8-7-11(13)6-5-9-20/h7-8,10,20H,5-6,9H2,1-4H3,(H,16,17). The average molecular weight is 297 g/mol. The molecule has 5 heteroatoms. The number of benzene rings is 1. The smallest absolute Gasteiger partial charge is 0.412 e. The van der Waals surface area contributed by atoms with Crippen LogP contribution in [0.15, 0.2) is 18.2 Å². The van der Waals surface area contributed by atoms with Crippen molar-refractivity contribution >= 4 is 24.4 Å². The third-order valence-corrected chi connectivity index (χ3v) is 2.87. The van der Waals surface area contributed by atoms with E-state index in [4.69, 9.17) is 9.47 Å². The van der Waals surface area contributed by atoms with Gasteiger partial charge in [0.1, 0.15) is 11.4 Å². The van der Waals surface area contributed by atoms with Crippen molar-refractivity contribution in [3.8, 4) is 5.75 Å². The minimum Gasteiger partial charge on any atom is -0.497 e. The van der Waals surface area contributed by atoms with Crippen LogP contribution in [0.3, 0.4) is 0 Å². The molecule has 1 rings (SSSR count). The van der Waals surface area contributed by atoms with Crippen molar-refractivity contribution in [3.05, 3.63) is 23.8 Å². The molecule has 0 bridgehead atoms. The maximum absolute atomic E-state index is 11.9. The number of rotatable bonds is 5. The van der Waals surface area contributed by atoms with Crippen LogP contribution in [0, 0.1) is 0 Å². The molecule has 20 heavy (non-hydrogen) atoms. The summed E-state index contributed by atoms with van der Waals surface area (Å²) in [4.78, 5) is 11.9. The molecule has 1 aromatic carbocycles. The molecule has 0 aliphatic rings. The minimum absolute atomic E-state index is 0.460. The topological polar surface area (TPSA) is 47.6 Å². The Kier molecular flexibility index (Phi) is 6.20. The van der Waals surface area contributed by atoms with Crippen LogP contribution in [0.1, 0.15) is 32.8 Å². The van der Waals surface area contributed by atoms with E-state index in [1.165, 1.54) is 0 Å². The minimum atomic E-state index is -0.520. The van der Waals surface area contributed by atoms with Crippen LogP contribution in [0.2, 0.25) is 0 Å². The van der Waals surface area contributed by atoms with E-state index in [1.54, 1.807) is 13.2 Å². The average Bonchev–Trinajstić information content (AvgIpc) is 2.34. The molecule has 0 unspecified atom stereocenters. The van der Waals surface area contributed by atoms with E-state index in [9.17, 15) is 4.79 Å². The number of ether oxygens (including phenoxy) is 2. The maximum atomic E-state index is 11.9. The summed E-state index contributed by atoms with van der Waals surface area (Å²) in [5.41, 5.74) is 1.25. The molecule has 0 fully saturated rings. The lowest BCUT2D eigenvalue weighted by molar-refractivity contribution is 0.0636. The Bertz CT molecular complexity index is 455. The van der Waals surface area contributed by atoms with Gasteiger partial charge in [-0.05, 0) is 51.0 Å². The molecule has 1 amide bonds. The summed E-state index contributed by atoms with van der Waals surface area (Å²) in [6, 6.07) is 5.64. The van der Waals surface area contributed by atoms with Gasteiger partial charge in [0, 0.05) is 6.07 Å². The fourth-order valence-electron chi connectivity index (χ4n) is 1.70. The third-order valence-electron chi connectivity index (χ3n) is 2.56. The van der Waals surface area contributed by atoms with Gasteiger partial charge in [0.2, 0.25) is 0 Å². The van der Waals surface area contributed by atoms with E-state index in [2.05, 4.69) is 17.9 Å². The molecular formula is C15H23NO3S. The number of hydrogen-bond donors (Lipinski definition) is 2. The molecule has 4 nitrogen and oxygen atoms in total. The molecule has 112 valence electrons. The lowest BCUT2D eigenvalue weighted by atomic mass is 10.1. The van der Waals surface area contributed by atoms with E-state index in [1.807, 2.05) is 32.9 Å². The van der Waals surface area contributed by atoms with E-state index in [0.717, 1.165) is 29.8 Å². The Balaban J connectivity index is 2.86. The molecular weight excluding hydrogens is 274 g/mol. The Labute approximate surface area is 126 Å². The normalized spacial score (nSPS) is 11.1. The van der Waals surface area contributed by atoms with Gasteiger partial charge in [0.25, 0.3) is 0 Å². The van der Waals surface area contributed by atoms with Crippen molar-refractivity contribution in [3.63, 3.8) is 0 Å². The fourth-order valence-corrected chi connectivity index (χ4v) is 1.86. The Hall–Kier alpha value is -1.36. The number of amides is 1. The van der Waals surface area contributed by atoms with Crippen LogP contribution < -0.4 is 10.1 Å². The van der Waals surface area contributed by atoms with Gasteiger partial charge in [-0.25, -0.2) is 4.79 Å². The molecule has 0 aliphatic carbocycles. The highest BCUT2D eigenvalue weighted by Gasteiger charge is 2.17. The number of nitrogens with one attached hydrogen (secondary N) is 1. The van der Waals surface area contributed by atoms with E-state index in [0.29, 0.717) is 5.75 Å². The van der Waals surface area contributed by atoms with Crippen molar-refractivity contribution in [2.45, 2.75) is 39.2 Å². The molecule has 0 atom stereocenters. The largest absolute Gasteiger partial charge is 0.497 e. The fraction of sp³-hybridized carbons (Fsp3) is 0.533. The van der Waals surface area contributed by atoms with Crippen LogP contribution in [0.25, 0.3) is 0 Å². The zero-order valence-electron chi connectivity index (χ0n) is 12.5. The van der Waals surface area contributed by atoms with E-state index < -0.39 is 11.7 Å².